The van der Waals surface area contributed by atoms with Gasteiger partial charge in [0, 0.05) is 54.7 Å². The lowest BCUT2D eigenvalue weighted by molar-refractivity contribution is 0.0992. The maximum absolute atomic E-state index is 13.5. The summed E-state index contributed by atoms with van der Waals surface area (Å²) in [7, 11) is 2.11. The van der Waals surface area contributed by atoms with Gasteiger partial charge in [-0.3, -0.25) is 9.59 Å². The van der Waals surface area contributed by atoms with Crippen molar-refractivity contribution in [2.24, 2.45) is 5.73 Å². The van der Waals surface area contributed by atoms with Crippen LogP contribution in [0.15, 0.2) is 54.6 Å². The number of primary amides is 1. The second kappa shape index (κ2) is 10.4. The van der Waals surface area contributed by atoms with E-state index in [0.29, 0.717) is 46.3 Å². The molecule has 4 aromatic rings. The van der Waals surface area contributed by atoms with Crippen LogP contribution in [0.5, 0.6) is 11.5 Å². The molecule has 0 atom stereocenters. The zero-order chi connectivity index (χ0) is 29.0. The van der Waals surface area contributed by atoms with E-state index >= 15 is 0 Å². The fourth-order valence-corrected chi connectivity index (χ4v) is 6.07. The van der Waals surface area contributed by atoms with Crippen molar-refractivity contribution < 1.29 is 19.1 Å². The van der Waals surface area contributed by atoms with E-state index in [1.54, 1.807) is 10.7 Å². The van der Waals surface area contributed by atoms with E-state index in [4.69, 9.17) is 26.8 Å². The molecule has 1 saturated heterocycles. The molecule has 1 fully saturated rings. The van der Waals surface area contributed by atoms with Crippen LogP contribution in [-0.2, 0) is 12.8 Å². The zero-order valence-electron chi connectivity index (χ0n) is 23.0. The van der Waals surface area contributed by atoms with E-state index in [0.717, 1.165) is 54.3 Å². The minimum atomic E-state index is -0.589. The highest BCUT2D eigenvalue weighted by Crippen LogP contribution is 2.40. The average Bonchev–Trinajstić information content (AvgIpc) is 3.62. The third-order valence-corrected chi connectivity index (χ3v) is 8.48. The lowest BCUT2D eigenvalue weighted by Gasteiger charge is -2.34. The number of benzene rings is 3. The molecule has 3 aliphatic rings. The van der Waals surface area contributed by atoms with E-state index in [-0.39, 0.29) is 18.4 Å². The zero-order valence-corrected chi connectivity index (χ0v) is 23.8. The molecule has 3 N–H and O–H groups in total. The third kappa shape index (κ3) is 4.62. The molecule has 1 aromatic heterocycles. The number of hydrogen-bond donors (Lipinski definition) is 2. The van der Waals surface area contributed by atoms with Crippen molar-refractivity contribution in [2.45, 2.75) is 12.8 Å². The summed E-state index contributed by atoms with van der Waals surface area (Å²) in [4.78, 5) is 30.5. The number of amides is 2. The van der Waals surface area contributed by atoms with Gasteiger partial charge in [0.2, 0.25) is 6.79 Å². The molecule has 0 spiro atoms. The summed E-state index contributed by atoms with van der Waals surface area (Å²) in [5.41, 5.74) is 12.2. The number of hydrogen-bond acceptors (Lipinski definition) is 7. The number of likely N-dealkylation sites (N-methyl/N-ethyl adjacent to an activating group) is 1. The number of ether oxygens (including phenoxy) is 2. The van der Waals surface area contributed by atoms with E-state index in [1.807, 2.05) is 48.5 Å². The number of aromatic nitrogens is 2. The molecule has 10 nitrogen and oxygen atoms in total. The largest absolute Gasteiger partial charge is 0.454 e. The van der Waals surface area contributed by atoms with Gasteiger partial charge >= 0.3 is 0 Å². The van der Waals surface area contributed by atoms with Crippen LogP contribution >= 0.6 is 11.6 Å². The second-order valence-corrected chi connectivity index (χ2v) is 11.2. The van der Waals surface area contributed by atoms with Gasteiger partial charge in [-0.15, -0.1) is 0 Å². The molecule has 0 unspecified atom stereocenters. The topological polar surface area (TPSA) is 115 Å². The number of aryl methyl sites for hydroxylation is 1. The number of nitrogens with one attached hydrogen (secondary N) is 1. The van der Waals surface area contributed by atoms with Gasteiger partial charge in [0.15, 0.2) is 17.2 Å². The lowest BCUT2D eigenvalue weighted by atomic mass is 9.88. The monoisotopic (exact) mass is 584 g/mol. The highest BCUT2D eigenvalue weighted by atomic mass is 35.5. The maximum atomic E-state index is 13.5. The van der Waals surface area contributed by atoms with Crippen LogP contribution in [0.25, 0.3) is 16.9 Å². The van der Waals surface area contributed by atoms with Gasteiger partial charge in [0.25, 0.3) is 11.8 Å². The summed E-state index contributed by atoms with van der Waals surface area (Å²) in [5.74, 6) is 0.364. The van der Waals surface area contributed by atoms with Crippen molar-refractivity contribution in [2.75, 3.05) is 50.2 Å². The number of nitrogens with two attached hydrogens (primary N) is 1. The molecule has 7 rings (SSSR count). The number of anilines is 2. The quantitative estimate of drug-likeness (QED) is 0.362. The fraction of sp³-hybridized carbons (Fsp3) is 0.258. The third-order valence-electron chi connectivity index (χ3n) is 8.15. The van der Waals surface area contributed by atoms with Gasteiger partial charge in [-0.05, 0) is 67.9 Å². The second-order valence-electron chi connectivity index (χ2n) is 10.8. The van der Waals surface area contributed by atoms with Crippen LogP contribution in [0.4, 0.5) is 11.4 Å². The Hall–Kier alpha value is -4.54. The molecular formula is C31H29ClN6O4. The summed E-state index contributed by atoms with van der Waals surface area (Å²) in [6.45, 7) is 3.84. The van der Waals surface area contributed by atoms with Crippen molar-refractivity contribution in [3.05, 3.63) is 82.0 Å². The summed E-state index contributed by atoms with van der Waals surface area (Å²) in [6, 6.07) is 16.9. The first-order valence-corrected chi connectivity index (χ1v) is 14.2. The van der Waals surface area contributed by atoms with Crippen molar-refractivity contribution in [1.82, 2.24) is 14.7 Å². The van der Waals surface area contributed by atoms with Crippen molar-refractivity contribution in [3.8, 4) is 28.4 Å². The summed E-state index contributed by atoms with van der Waals surface area (Å²) in [6.07, 6.45) is 1.33. The van der Waals surface area contributed by atoms with Crippen molar-refractivity contribution >= 4 is 34.8 Å². The van der Waals surface area contributed by atoms with Crippen LogP contribution in [-0.4, -0.2) is 66.5 Å². The SMILES string of the molecule is CN1CCN(c2ccc(Cl)c(C(=O)Nc3ccc4c(c3)-c3c(c(C(N)=O)nn3-c3ccc5c(c3)OCO5)CC4)c2)CC1. The van der Waals surface area contributed by atoms with Gasteiger partial charge in [-0.2, -0.15) is 5.10 Å². The van der Waals surface area contributed by atoms with Crippen LogP contribution in [0.1, 0.15) is 32.0 Å². The molecule has 3 aromatic carbocycles. The Morgan fingerprint density at radius 2 is 1.71 bits per heavy atom. The number of carbonyl (C=O) groups excluding carboxylic acids is 2. The Morgan fingerprint density at radius 3 is 2.52 bits per heavy atom. The molecule has 42 heavy (non-hydrogen) atoms. The van der Waals surface area contributed by atoms with E-state index in [1.165, 1.54) is 0 Å². The van der Waals surface area contributed by atoms with Crippen LogP contribution < -0.4 is 25.4 Å². The molecule has 1 aliphatic carbocycles. The number of piperazine rings is 1. The van der Waals surface area contributed by atoms with Crippen LogP contribution in [0, 0.1) is 0 Å². The van der Waals surface area contributed by atoms with Gasteiger partial charge in [0.1, 0.15) is 0 Å². The highest BCUT2D eigenvalue weighted by molar-refractivity contribution is 6.34. The van der Waals surface area contributed by atoms with Gasteiger partial charge < -0.3 is 30.3 Å². The number of carbonyl (C=O) groups is 2. The molecule has 214 valence electrons. The molecule has 11 heteroatoms. The van der Waals surface area contributed by atoms with Crippen LogP contribution in [0.3, 0.4) is 0 Å². The Kier molecular flexibility index (Phi) is 6.52. The van der Waals surface area contributed by atoms with E-state index in [2.05, 4.69) is 27.3 Å². The first-order chi connectivity index (χ1) is 20.4. The Bertz CT molecular complexity index is 1740. The predicted octanol–water partition coefficient (Wildman–Crippen LogP) is 4.12. The normalized spacial score (nSPS) is 15.7. The minimum Gasteiger partial charge on any atom is -0.454 e. The molecule has 3 heterocycles. The highest BCUT2D eigenvalue weighted by Gasteiger charge is 2.29. The Labute approximate surface area is 247 Å². The predicted molar refractivity (Wildman–Crippen MR) is 160 cm³/mol. The number of halogens is 1. The summed E-state index contributed by atoms with van der Waals surface area (Å²) < 4.78 is 12.8. The maximum Gasteiger partial charge on any atom is 0.269 e. The summed E-state index contributed by atoms with van der Waals surface area (Å²) in [5, 5.41) is 8.05. The molecule has 0 bridgehead atoms. The van der Waals surface area contributed by atoms with Crippen molar-refractivity contribution in [3.63, 3.8) is 0 Å². The molecular weight excluding hydrogens is 556 g/mol. The average molecular weight is 585 g/mol. The molecule has 2 aliphatic heterocycles. The van der Waals surface area contributed by atoms with Crippen LogP contribution in [0.2, 0.25) is 5.02 Å². The summed E-state index contributed by atoms with van der Waals surface area (Å²) >= 11 is 6.50. The lowest BCUT2D eigenvalue weighted by Crippen LogP contribution is -2.44. The fourth-order valence-electron chi connectivity index (χ4n) is 5.86. The Morgan fingerprint density at radius 1 is 0.929 bits per heavy atom. The first-order valence-electron chi connectivity index (χ1n) is 13.8. The minimum absolute atomic E-state index is 0.150. The van der Waals surface area contributed by atoms with Crippen molar-refractivity contribution in [1.29, 1.82) is 0 Å². The van der Waals surface area contributed by atoms with Gasteiger partial charge in [-0.1, -0.05) is 17.7 Å². The number of rotatable bonds is 5. The molecule has 2 amide bonds. The number of fused-ring (bicyclic) bond motifs is 4. The number of nitrogens with zero attached hydrogens (tertiary/aromatic N) is 4. The van der Waals surface area contributed by atoms with E-state index in [9.17, 15) is 9.59 Å². The first kappa shape index (κ1) is 26.4. The van der Waals surface area contributed by atoms with Gasteiger partial charge in [0.05, 0.1) is 22.0 Å². The Balaban J connectivity index is 1.23. The standard InChI is InChI=1S/C31H29ClN6O4/c1-36-10-12-37(13-11-36)20-5-8-25(32)24(15-20)31(40)34-19-4-2-18-3-7-22-28(30(33)39)35-38(29(22)23(18)14-19)21-6-9-26-27(16-21)42-17-41-26/h2,4-6,8-9,14-16H,3,7,10-13,17H2,1H3,(H2,33,39)(H,34,40). The van der Waals surface area contributed by atoms with Gasteiger partial charge in [-0.25, -0.2) is 4.68 Å². The van der Waals surface area contributed by atoms with E-state index < -0.39 is 5.91 Å². The molecule has 0 radical (unpaired) electrons. The smallest absolute Gasteiger partial charge is 0.269 e. The molecule has 0 saturated carbocycles.